The Morgan fingerprint density at radius 1 is 0.970 bits per heavy atom. The molecule has 0 aliphatic carbocycles. The molecule has 178 valence electrons. The van der Waals surface area contributed by atoms with E-state index in [9.17, 15) is 9.59 Å². The highest BCUT2D eigenvalue weighted by Gasteiger charge is 2.23. The molecular formula is C26H34N2O5. The van der Waals surface area contributed by atoms with Crippen LogP contribution in [0, 0.1) is 0 Å². The summed E-state index contributed by atoms with van der Waals surface area (Å²) < 4.78 is 16.8. The number of nitrogens with two attached hydrogens (primary N) is 1. The highest BCUT2D eigenvalue weighted by molar-refractivity contribution is 5.97. The third kappa shape index (κ3) is 8.27. The van der Waals surface area contributed by atoms with E-state index in [1.54, 1.807) is 12.1 Å². The van der Waals surface area contributed by atoms with Gasteiger partial charge in [-0.25, -0.2) is 9.59 Å². The van der Waals surface area contributed by atoms with Crippen molar-refractivity contribution in [2.24, 2.45) is 0 Å². The van der Waals surface area contributed by atoms with Crippen molar-refractivity contribution in [1.29, 1.82) is 0 Å². The zero-order chi connectivity index (χ0) is 24.1. The number of likely N-dealkylation sites (N-methyl/N-ethyl adjacent to an activating group) is 1. The molecule has 0 aromatic heterocycles. The number of unbranched alkanes of at least 4 members (excludes halogenated alkanes) is 1. The molecule has 0 saturated heterocycles. The molecule has 0 heterocycles. The van der Waals surface area contributed by atoms with Gasteiger partial charge in [0.05, 0.1) is 12.3 Å². The van der Waals surface area contributed by atoms with Gasteiger partial charge in [-0.2, -0.15) is 0 Å². The fourth-order valence-electron chi connectivity index (χ4n) is 3.06. The highest BCUT2D eigenvalue weighted by atomic mass is 16.6. The van der Waals surface area contributed by atoms with Gasteiger partial charge < -0.3 is 24.8 Å². The van der Waals surface area contributed by atoms with Gasteiger partial charge in [-0.15, -0.1) is 0 Å². The number of rotatable bonds is 13. The first-order chi connectivity index (χ1) is 16.0. The minimum atomic E-state index is -0.651. The molecule has 2 rings (SSSR count). The van der Waals surface area contributed by atoms with Crippen LogP contribution in [0.1, 0.15) is 49.5 Å². The van der Waals surface area contributed by atoms with Crippen LogP contribution in [0.15, 0.2) is 48.5 Å². The van der Waals surface area contributed by atoms with E-state index in [0.29, 0.717) is 13.2 Å². The summed E-state index contributed by atoms with van der Waals surface area (Å²) in [5, 5.41) is 0. The van der Waals surface area contributed by atoms with Crippen LogP contribution in [0.2, 0.25) is 0 Å². The predicted molar refractivity (Wildman–Crippen MR) is 130 cm³/mol. The number of benzene rings is 2. The van der Waals surface area contributed by atoms with Crippen LogP contribution < -0.4 is 15.2 Å². The molecule has 7 nitrogen and oxygen atoms in total. The van der Waals surface area contributed by atoms with Crippen molar-refractivity contribution < 1.29 is 23.8 Å². The molecular weight excluding hydrogens is 420 g/mol. The lowest BCUT2D eigenvalue weighted by Gasteiger charge is -2.19. The second-order valence-corrected chi connectivity index (χ2v) is 7.39. The Labute approximate surface area is 196 Å². The van der Waals surface area contributed by atoms with Crippen LogP contribution in [0.4, 0.5) is 5.69 Å². The van der Waals surface area contributed by atoms with Gasteiger partial charge in [0.2, 0.25) is 0 Å². The quantitative estimate of drug-likeness (QED) is 0.156. The first-order valence-corrected chi connectivity index (χ1v) is 11.4. The SMILES string of the molecule is CCCCOc1c(N)ccc(C(=O)OCCN(CC)CC)c1OC(=O)/C=C/c1ccccc1. The fraction of sp³-hybridized carbons (Fsp3) is 0.385. The Hall–Kier alpha value is -3.32. The lowest BCUT2D eigenvalue weighted by atomic mass is 10.1. The molecule has 2 aromatic rings. The number of esters is 2. The van der Waals surface area contributed by atoms with E-state index in [-0.39, 0.29) is 29.4 Å². The van der Waals surface area contributed by atoms with Gasteiger partial charge in [-0.05, 0) is 43.3 Å². The molecule has 2 aromatic carbocycles. The van der Waals surface area contributed by atoms with E-state index in [1.807, 2.05) is 51.1 Å². The van der Waals surface area contributed by atoms with Crippen molar-refractivity contribution in [3.05, 3.63) is 59.7 Å². The molecule has 2 N–H and O–H groups in total. The summed E-state index contributed by atoms with van der Waals surface area (Å²) in [5.74, 6) is -1.11. The van der Waals surface area contributed by atoms with Crippen LogP contribution in [0.5, 0.6) is 11.5 Å². The molecule has 0 spiro atoms. The number of carbonyl (C=O) groups is 2. The molecule has 0 saturated carbocycles. The van der Waals surface area contributed by atoms with Crippen LogP contribution in [0.25, 0.3) is 6.08 Å². The van der Waals surface area contributed by atoms with Crippen molar-refractivity contribution in [3.8, 4) is 11.5 Å². The third-order valence-corrected chi connectivity index (χ3v) is 5.06. The predicted octanol–water partition coefficient (Wildman–Crippen LogP) is 4.57. The van der Waals surface area contributed by atoms with E-state index in [0.717, 1.165) is 31.5 Å². The number of hydrogen-bond acceptors (Lipinski definition) is 7. The van der Waals surface area contributed by atoms with Gasteiger partial charge in [0.25, 0.3) is 0 Å². The molecule has 0 amide bonds. The zero-order valence-electron chi connectivity index (χ0n) is 19.7. The first kappa shape index (κ1) is 25.9. The van der Waals surface area contributed by atoms with Gasteiger partial charge in [-0.3, -0.25) is 0 Å². The van der Waals surface area contributed by atoms with Crippen molar-refractivity contribution in [3.63, 3.8) is 0 Å². The maximum Gasteiger partial charge on any atom is 0.342 e. The standard InChI is InChI=1S/C26H34N2O5/c1-4-7-18-31-25-22(27)15-14-21(26(30)32-19-17-28(5-2)6-3)24(25)33-23(29)16-13-20-11-9-8-10-12-20/h8-16H,4-7,17-19,27H2,1-3H3/b16-13+. The van der Waals surface area contributed by atoms with Gasteiger partial charge in [0, 0.05) is 12.6 Å². The van der Waals surface area contributed by atoms with E-state index in [2.05, 4.69) is 4.90 Å². The van der Waals surface area contributed by atoms with Gasteiger partial charge in [0.1, 0.15) is 12.2 Å². The van der Waals surface area contributed by atoms with E-state index < -0.39 is 11.9 Å². The molecule has 0 fully saturated rings. The summed E-state index contributed by atoms with van der Waals surface area (Å²) in [7, 11) is 0. The largest absolute Gasteiger partial charge is 0.488 e. The molecule has 7 heteroatoms. The lowest BCUT2D eigenvalue weighted by molar-refractivity contribution is -0.129. The average Bonchev–Trinajstić information content (AvgIpc) is 2.83. The van der Waals surface area contributed by atoms with E-state index in [4.69, 9.17) is 19.9 Å². The summed E-state index contributed by atoms with van der Waals surface area (Å²) >= 11 is 0. The number of carbonyl (C=O) groups excluding carboxylic acids is 2. The topological polar surface area (TPSA) is 91.1 Å². The summed E-state index contributed by atoms with van der Waals surface area (Å²) in [6, 6.07) is 12.4. The van der Waals surface area contributed by atoms with Crippen LogP contribution in [-0.2, 0) is 9.53 Å². The molecule has 0 radical (unpaired) electrons. The zero-order valence-corrected chi connectivity index (χ0v) is 19.7. The van der Waals surface area contributed by atoms with E-state index >= 15 is 0 Å². The van der Waals surface area contributed by atoms with Gasteiger partial charge >= 0.3 is 11.9 Å². The van der Waals surface area contributed by atoms with Crippen LogP contribution in [-0.4, -0.2) is 49.7 Å². The average molecular weight is 455 g/mol. The Morgan fingerprint density at radius 3 is 2.36 bits per heavy atom. The fourth-order valence-corrected chi connectivity index (χ4v) is 3.06. The minimum absolute atomic E-state index is 0.0262. The Bertz CT molecular complexity index is 924. The van der Waals surface area contributed by atoms with Crippen LogP contribution >= 0.6 is 0 Å². The summed E-state index contributed by atoms with van der Waals surface area (Å²) in [5.41, 5.74) is 7.31. The molecule has 0 bridgehead atoms. The maximum atomic E-state index is 12.8. The minimum Gasteiger partial charge on any atom is -0.488 e. The highest BCUT2D eigenvalue weighted by Crippen LogP contribution is 2.38. The summed E-state index contributed by atoms with van der Waals surface area (Å²) in [6.45, 7) is 9.07. The van der Waals surface area contributed by atoms with Gasteiger partial charge in [-0.1, -0.05) is 57.5 Å². The molecule has 0 atom stereocenters. The van der Waals surface area contributed by atoms with Crippen molar-refractivity contribution in [2.75, 3.05) is 38.6 Å². The number of nitrogen functional groups attached to an aromatic ring is 1. The van der Waals surface area contributed by atoms with Crippen molar-refractivity contribution in [2.45, 2.75) is 33.6 Å². The third-order valence-electron chi connectivity index (χ3n) is 5.06. The number of anilines is 1. The van der Waals surface area contributed by atoms with Crippen LogP contribution in [0.3, 0.4) is 0 Å². The number of hydrogen-bond donors (Lipinski definition) is 1. The Morgan fingerprint density at radius 2 is 1.70 bits per heavy atom. The normalized spacial score (nSPS) is 11.0. The molecule has 0 aliphatic heterocycles. The smallest absolute Gasteiger partial charge is 0.342 e. The second kappa shape index (κ2) is 14.0. The summed E-state index contributed by atoms with van der Waals surface area (Å²) in [4.78, 5) is 27.5. The van der Waals surface area contributed by atoms with Crippen molar-refractivity contribution in [1.82, 2.24) is 4.90 Å². The maximum absolute atomic E-state index is 12.8. The molecule has 33 heavy (non-hydrogen) atoms. The molecule has 0 unspecified atom stereocenters. The number of ether oxygens (including phenoxy) is 3. The van der Waals surface area contributed by atoms with Gasteiger partial charge in [0.15, 0.2) is 11.5 Å². The molecule has 0 aliphatic rings. The second-order valence-electron chi connectivity index (χ2n) is 7.39. The Balaban J connectivity index is 2.25. The first-order valence-electron chi connectivity index (χ1n) is 11.4. The Kier molecular flexibility index (Phi) is 11.0. The lowest BCUT2D eigenvalue weighted by Crippen LogP contribution is -2.28. The van der Waals surface area contributed by atoms with Crippen molar-refractivity contribution >= 4 is 23.7 Å². The monoisotopic (exact) mass is 454 g/mol. The van der Waals surface area contributed by atoms with E-state index in [1.165, 1.54) is 12.1 Å². The number of nitrogens with zero attached hydrogens (tertiary/aromatic N) is 1. The summed E-state index contributed by atoms with van der Waals surface area (Å²) in [6.07, 6.45) is 4.64.